The van der Waals surface area contributed by atoms with Gasteiger partial charge in [-0.25, -0.2) is 0 Å². The van der Waals surface area contributed by atoms with Gasteiger partial charge in [0.05, 0.1) is 31.8 Å². The molecule has 5 heteroatoms. The standard InChI is InChI=1S/C8H20N.C7HN4/c1-5-9(6-2,7-3)8-4;8-2-6(3-9)1-7(4-10)5-11/h5-8H2,1-4H3;1H/q+1;-1. The molecule has 106 valence electrons. The van der Waals surface area contributed by atoms with Gasteiger partial charge in [0, 0.05) is 0 Å². The van der Waals surface area contributed by atoms with Crippen LogP contribution in [0.15, 0.2) is 17.2 Å². The predicted molar refractivity (Wildman–Crippen MR) is 79.2 cm³/mol. The van der Waals surface area contributed by atoms with Gasteiger partial charge in [0.15, 0.2) is 0 Å². The van der Waals surface area contributed by atoms with Gasteiger partial charge in [-0.3, -0.25) is 5.87 Å². The van der Waals surface area contributed by atoms with E-state index in [0.29, 0.717) is 0 Å². The van der Waals surface area contributed by atoms with E-state index in [1.165, 1.54) is 54.7 Å². The fourth-order valence-corrected chi connectivity index (χ4v) is 1.67. The fraction of sp³-hybridized carbons (Fsp3) is 0.533. The normalized spacial score (nSPS) is 8.65. The molecule has 0 saturated heterocycles. The van der Waals surface area contributed by atoms with E-state index in [9.17, 15) is 0 Å². The van der Waals surface area contributed by atoms with Crippen LogP contribution in [-0.2, 0) is 0 Å². The Morgan fingerprint density at radius 1 is 0.900 bits per heavy atom. The van der Waals surface area contributed by atoms with E-state index < -0.39 is 0 Å². The molecular formula is C15H21N5. The summed E-state index contributed by atoms with van der Waals surface area (Å²) in [5.74, 6) is 1.53. The maximum Gasteiger partial charge on any atom is 0.131 e. The summed E-state index contributed by atoms with van der Waals surface area (Å²) in [5.41, 5.74) is -0.494. The lowest BCUT2D eigenvalue weighted by molar-refractivity contribution is -0.921. The number of allylic oxidation sites excluding steroid dienone is 3. The van der Waals surface area contributed by atoms with Gasteiger partial charge in [-0.15, -0.1) is 0 Å². The van der Waals surface area contributed by atoms with Gasteiger partial charge >= 0.3 is 0 Å². The molecule has 0 heterocycles. The molecule has 5 nitrogen and oxygen atoms in total. The van der Waals surface area contributed by atoms with Crippen molar-refractivity contribution in [2.75, 3.05) is 26.2 Å². The van der Waals surface area contributed by atoms with Crippen molar-refractivity contribution in [1.82, 2.24) is 0 Å². The number of nitriles is 3. The molecular weight excluding hydrogens is 250 g/mol. The Kier molecular flexibility index (Phi) is 11.7. The lowest BCUT2D eigenvalue weighted by Crippen LogP contribution is -2.47. The van der Waals surface area contributed by atoms with Crippen LogP contribution in [0.1, 0.15) is 27.7 Å². The zero-order chi connectivity index (χ0) is 16.0. The van der Waals surface area contributed by atoms with E-state index in [1.807, 2.05) is 0 Å². The molecule has 0 aliphatic carbocycles. The third-order valence-electron chi connectivity index (χ3n) is 3.45. The van der Waals surface area contributed by atoms with Gasteiger partial charge in [-0.05, 0) is 33.8 Å². The zero-order valence-electron chi connectivity index (χ0n) is 12.6. The van der Waals surface area contributed by atoms with Crippen LogP contribution in [0.25, 0.3) is 5.41 Å². The van der Waals surface area contributed by atoms with Crippen molar-refractivity contribution in [3.8, 4) is 18.2 Å². The fourth-order valence-electron chi connectivity index (χ4n) is 1.67. The van der Waals surface area contributed by atoms with Crippen molar-refractivity contribution < 1.29 is 4.48 Å². The highest BCUT2D eigenvalue weighted by molar-refractivity contribution is 5.71. The molecule has 0 amide bonds. The summed E-state index contributed by atoms with van der Waals surface area (Å²) in [7, 11) is 0. The minimum absolute atomic E-state index is 0.247. The average Bonchev–Trinajstić information content (AvgIpc) is 2.52. The van der Waals surface area contributed by atoms with Crippen molar-refractivity contribution in [3.63, 3.8) is 0 Å². The van der Waals surface area contributed by atoms with Crippen LogP contribution in [-0.4, -0.2) is 36.5 Å². The number of quaternary nitrogens is 1. The maximum atomic E-state index is 8.19. The minimum Gasteiger partial charge on any atom is -0.762 e. The van der Waals surface area contributed by atoms with Crippen LogP contribution < -0.4 is 0 Å². The van der Waals surface area contributed by atoms with Gasteiger partial charge in [0.25, 0.3) is 0 Å². The summed E-state index contributed by atoms with van der Waals surface area (Å²) in [5, 5.41) is 32.8. The summed E-state index contributed by atoms with van der Waals surface area (Å²) in [6.07, 6.45) is 0.944. The van der Waals surface area contributed by atoms with Crippen LogP contribution >= 0.6 is 0 Å². The quantitative estimate of drug-likeness (QED) is 0.333. The Morgan fingerprint density at radius 3 is 1.45 bits per heavy atom. The summed E-state index contributed by atoms with van der Waals surface area (Å²) < 4.78 is 1.28. The average molecular weight is 271 g/mol. The molecule has 20 heavy (non-hydrogen) atoms. The molecule has 0 bridgehead atoms. The number of hydrogen-bond acceptors (Lipinski definition) is 3. The van der Waals surface area contributed by atoms with Crippen LogP contribution in [0.3, 0.4) is 0 Å². The Hall–Kier alpha value is -2.38. The lowest BCUT2D eigenvalue weighted by Gasteiger charge is -2.34. The van der Waals surface area contributed by atoms with Gasteiger partial charge < -0.3 is 9.89 Å². The Morgan fingerprint density at radius 2 is 1.30 bits per heavy atom. The largest absolute Gasteiger partial charge is 0.762 e. The van der Waals surface area contributed by atoms with Gasteiger partial charge in [-0.1, -0.05) is 0 Å². The molecule has 0 unspecified atom stereocenters. The third-order valence-corrected chi connectivity index (χ3v) is 3.45. The molecule has 0 aromatic heterocycles. The molecule has 0 aliphatic heterocycles. The second kappa shape index (κ2) is 11.7. The number of nitrogens with zero attached hydrogens (tertiary/aromatic N) is 5. The molecule has 0 aromatic rings. The van der Waals surface area contributed by atoms with Crippen LogP contribution in [0.5, 0.6) is 0 Å². The lowest BCUT2D eigenvalue weighted by atomic mass is 10.2. The molecule has 0 aromatic carbocycles. The first-order chi connectivity index (χ1) is 9.52. The highest BCUT2D eigenvalue weighted by atomic mass is 15.3. The van der Waals surface area contributed by atoms with Crippen LogP contribution in [0, 0.1) is 34.0 Å². The monoisotopic (exact) mass is 271 g/mol. The topological polar surface area (TPSA) is 93.7 Å². The first-order valence-corrected chi connectivity index (χ1v) is 6.57. The van der Waals surface area contributed by atoms with E-state index in [2.05, 4.69) is 27.7 Å². The summed E-state index contributed by atoms with van der Waals surface area (Å²) in [6.45, 7) is 14.2. The van der Waals surface area contributed by atoms with Crippen LogP contribution in [0.4, 0.5) is 0 Å². The molecule has 0 aliphatic rings. The first kappa shape index (κ1) is 19.9. The van der Waals surface area contributed by atoms with E-state index >= 15 is 0 Å². The van der Waals surface area contributed by atoms with E-state index in [4.69, 9.17) is 21.2 Å². The molecule has 0 saturated carbocycles. The SMILES string of the molecule is CC[N+](CC)(CC)CC.N#CC(=C=[N-])C=C(C#N)C#N. The third kappa shape index (κ3) is 7.14. The molecule has 0 spiro atoms. The first-order valence-electron chi connectivity index (χ1n) is 6.57. The molecule has 0 radical (unpaired) electrons. The smallest absolute Gasteiger partial charge is 0.131 e. The van der Waals surface area contributed by atoms with Crippen molar-refractivity contribution in [2.24, 2.45) is 0 Å². The van der Waals surface area contributed by atoms with E-state index in [-0.39, 0.29) is 11.1 Å². The van der Waals surface area contributed by atoms with Crippen molar-refractivity contribution >= 4 is 5.87 Å². The van der Waals surface area contributed by atoms with Crippen molar-refractivity contribution in [3.05, 3.63) is 22.6 Å². The summed E-state index contributed by atoms with van der Waals surface area (Å²) in [4.78, 5) is 0. The molecule has 0 fully saturated rings. The second-order valence-corrected chi connectivity index (χ2v) is 4.03. The molecule has 0 rings (SSSR count). The van der Waals surface area contributed by atoms with Gasteiger partial charge in [0.1, 0.15) is 23.8 Å². The van der Waals surface area contributed by atoms with Crippen molar-refractivity contribution in [2.45, 2.75) is 27.7 Å². The maximum absolute atomic E-state index is 8.19. The Balaban J connectivity index is 0. The molecule has 0 atom stereocenters. The van der Waals surface area contributed by atoms with Gasteiger partial charge in [0.2, 0.25) is 0 Å². The van der Waals surface area contributed by atoms with Crippen molar-refractivity contribution in [1.29, 1.82) is 15.8 Å². The molecule has 0 N–H and O–H groups in total. The zero-order valence-corrected chi connectivity index (χ0v) is 12.6. The highest BCUT2D eigenvalue weighted by Crippen LogP contribution is 2.03. The number of hydrogen-bond donors (Lipinski definition) is 0. The minimum atomic E-state index is -0.247. The Bertz CT molecular complexity index is 452. The highest BCUT2D eigenvalue weighted by Gasteiger charge is 2.16. The second-order valence-electron chi connectivity index (χ2n) is 4.03. The predicted octanol–water partition coefficient (Wildman–Crippen LogP) is 2.53. The van der Waals surface area contributed by atoms with E-state index in [1.54, 1.807) is 0 Å². The summed E-state index contributed by atoms with van der Waals surface area (Å²) in [6, 6.07) is 4.58. The Labute approximate surface area is 121 Å². The summed E-state index contributed by atoms with van der Waals surface area (Å²) >= 11 is 0. The van der Waals surface area contributed by atoms with E-state index in [0.717, 1.165) is 6.08 Å². The number of rotatable bonds is 5. The van der Waals surface area contributed by atoms with Gasteiger partial charge in [-0.2, -0.15) is 15.8 Å². The van der Waals surface area contributed by atoms with Crippen LogP contribution in [0.2, 0.25) is 0 Å².